The summed E-state index contributed by atoms with van der Waals surface area (Å²) in [7, 11) is -4.73. The number of carbonyl (C=O) groups is 3. The molecule has 0 aromatic rings. The molecule has 0 spiro atoms. The average Bonchev–Trinajstić information content (AvgIpc) is 2.97. The summed E-state index contributed by atoms with van der Waals surface area (Å²) in [5.41, 5.74) is 0. The number of ether oxygens (including phenoxy) is 1. The van der Waals surface area contributed by atoms with Gasteiger partial charge in [-0.25, -0.2) is 9.36 Å². The number of esters is 1. The predicted molar refractivity (Wildman–Crippen MR) is 166 cm³/mol. The van der Waals surface area contributed by atoms with Gasteiger partial charge in [0.05, 0.1) is 13.2 Å². The number of carboxylic acid groups (broad SMARTS) is 1. The van der Waals surface area contributed by atoms with E-state index in [-0.39, 0.29) is 12.8 Å². The number of phosphoric acid groups is 1. The maximum Gasteiger partial charge on any atom is 0.472 e. The van der Waals surface area contributed by atoms with Gasteiger partial charge in [-0.3, -0.25) is 18.6 Å². The number of carbonyl (C=O) groups excluding carboxylic acids is 2. The van der Waals surface area contributed by atoms with E-state index in [1.54, 1.807) is 0 Å². The van der Waals surface area contributed by atoms with Crippen molar-refractivity contribution in [3.8, 4) is 0 Å². The number of hydrogen-bond donors (Lipinski definition) is 4. The van der Waals surface area contributed by atoms with Gasteiger partial charge in [0.1, 0.15) is 12.7 Å². The monoisotopic (exact) mass is 635 g/mol. The Hall–Kier alpha value is -1.78. The van der Waals surface area contributed by atoms with E-state index in [1.807, 2.05) is 0 Å². The van der Waals surface area contributed by atoms with Crippen LogP contribution in [0.15, 0.2) is 12.2 Å². The van der Waals surface area contributed by atoms with Crippen LogP contribution in [0.5, 0.6) is 0 Å². The van der Waals surface area contributed by atoms with Crippen LogP contribution >= 0.6 is 7.82 Å². The lowest BCUT2D eigenvalue weighted by Gasteiger charge is -2.18. The highest BCUT2D eigenvalue weighted by atomic mass is 31.2. The Morgan fingerprint density at radius 1 is 0.721 bits per heavy atom. The number of rotatable bonds is 30. The summed E-state index contributed by atoms with van der Waals surface area (Å²) in [5, 5.41) is 21.5. The number of hydrogen-bond acceptors (Lipinski definition) is 8. The summed E-state index contributed by atoms with van der Waals surface area (Å²) in [6.45, 7) is 2.44. The number of aliphatic hydroxyl groups excluding tert-OH is 1. The van der Waals surface area contributed by atoms with Gasteiger partial charge in [0.15, 0.2) is 6.04 Å². The summed E-state index contributed by atoms with van der Waals surface area (Å²) in [6, 6.07) is -1.54. The van der Waals surface area contributed by atoms with Crippen molar-refractivity contribution in [2.45, 2.75) is 148 Å². The molecule has 3 unspecified atom stereocenters. The number of aliphatic hydroxyl groups is 1. The molecule has 0 aliphatic carbocycles. The highest BCUT2D eigenvalue weighted by molar-refractivity contribution is 7.47. The van der Waals surface area contributed by atoms with Crippen LogP contribution in [0, 0.1) is 0 Å². The topological polar surface area (TPSA) is 169 Å². The van der Waals surface area contributed by atoms with Crippen molar-refractivity contribution in [1.29, 1.82) is 0 Å². The number of unbranched alkanes of at least 4 members (excludes halogenated alkanes) is 14. The van der Waals surface area contributed by atoms with Crippen LogP contribution in [0.3, 0.4) is 0 Å². The van der Waals surface area contributed by atoms with Gasteiger partial charge in [0.2, 0.25) is 5.91 Å². The van der Waals surface area contributed by atoms with Crippen LogP contribution in [-0.4, -0.2) is 64.9 Å². The number of phosphoric ester groups is 1. The zero-order chi connectivity index (χ0) is 32.2. The Balaban J connectivity index is 4.02. The van der Waals surface area contributed by atoms with E-state index in [0.717, 1.165) is 70.6 Å². The highest BCUT2D eigenvalue weighted by Gasteiger charge is 2.28. The molecule has 12 heteroatoms. The van der Waals surface area contributed by atoms with Gasteiger partial charge in [-0.1, -0.05) is 96.6 Å². The fraction of sp³-hybridized carbons (Fsp3) is 0.839. The Labute approximate surface area is 258 Å². The van der Waals surface area contributed by atoms with E-state index in [4.69, 9.17) is 13.8 Å². The SMILES string of the molecule is CCCCC/C=C\CCCCCCCC(=O)OCC(O)COP(=O)(O)OCC(NC(=O)CCCCCCCCC)C(=O)O. The highest BCUT2D eigenvalue weighted by Crippen LogP contribution is 2.43. The van der Waals surface area contributed by atoms with Crippen molar-refractivity contribution in [2.75, 3.05) is 19.8 Å². The van der Waals surface area contributed by atoms with E-state index < -0.39 is 57.6 Å². The molecule has 0 saturated heterocycles. The molecule has 0 aromatic heterocycles. The Kier molecular flexibility index (Phi) is 26.6. The minimum atomic E-state index is -4.73. The third kappa shape index (κ3) is 27.5. The van der Waals surface area contributed by atoms with Gasteiger partial charge < -0.3 is 25.2 Å². The first kappa shape index (κ1) is 41.2. The molecule has 1 amide bonds. The number of carboxylic acids is 1. The maximum absolute atomic E-state index is 12.1. The zero-order valence-electron chi connectivity index (χ0n) is 26.5. The van der Waals surface area contributed by atoms with E-state index in [9.17, 15) is 34.1 Å². The Morgan fingerprint density at radius 3 is 1.81 bits per heavy atom. The molecule has 0 aliphatic rings. The van der Waals surface area contributed by atoms with Crippen LogP contribution in [0.2, 0.25) is 0 Å². The summed E-state index contributed by atoms with van der Waals surface area (Å²) < 4.78 is 26.5. The fourth-order valence-corrected chi connectivity index (χ4v) is 4.96. The van der Waals surface area contributed by atoms with Crippen molar-refractivity contribution in [3.05, 3.63) is 12.2 Å². The van der Waals surface area contributed by atoms with Crippen molar-refractivity contribution in [3.63, 3.8) is 0 Å². The lowest BCUT2D eigenvalue weighted by molar-refractivity contribution is -0.147. The smallest absolute Gasteiger partial charge is 0.472 e. The third-order valence-electron chi connectivity index (χ3n) is 6.80. The van der Waals surface area contributed by atoms with E-state index in [1.165, 1.54) is 25.7 Å². The van der Waals surface area contributed by atoms with Crippen molar-refractivity contribution in [2.24, 2.45) is 0 Å². The molecule has 4 N–H and O–H groups in total. The number of aliphatic carboxylic acids is 1. The molecule has 0 fully saturated rings. The van der Waals surface area contributed by atoms with Crippen molar-refractivity contribution >= 4 is 25.7 Å². The first-order chi connectivity index (χ1) is 20.6. The third-order valence-corrected chi connectivity index (χ3v) is 7.76. The molecular weight excluding hydrogens is 577 g/mol. The van der Waals surface area contributed by atoms with E-state index in [0.29, 0.717) is 12.8 Å². The largest absolute Gasteiger partial charge is 0.480 e. The molecule has 0 aromatic carbocycles. The summed E-state index contributed by atoms with van der Waals surface area (Å²) in [6.07, 6.45) is 21.4. The van der Waals surface area contributed by atoms with Gasteiger partial charge in [-0.05, 0) is 38.5 Å². The van der Waals surface area contributed by atoms with Gasteiger partial charge in [-0.15, -0.1) is 0 Å². The standard InChI is InChI=1S/C31H58NO10P/c1-3-5-7-9-11-12-13-14-15-17-19-21-23-30(35)40-24-27(33)25-41-43(38,39)42-26-28(31(36)37)32-29(34)22-20-18-16-10-8-6-4-2/h11-12,27-28,33H,3-10,13-26H2,1-2H3,(H,32,34)(H,36,37)(H,38,39)/b12-11-. The molecule has 252 valence electrons. The molecule has 0 rings (SSSR count). The van der Waals surface area contributed by atoms with Crippen LogP contribution in [0.1, 0.15) is 136 Å². The quantitative estimate of drug-likeness (QED) is 0.0292. The van der Waals surface area contributed by atoms with Gasteiger partial charge >= 0.3 is 19.8 Å². The lowest BCUT2D eigenvalue weighted by atomic mass is 10.1. The molecule has 0 heterocycles. The second-order valence-corrected chi connectivity index (χ2v) is 12.5. The normalized spacial score (nSPS) is 14.3. The molecule has 0 aliphatic heterocycles. The minimum absolute atomic E-state index is 0.146. The van der Waals surface area contributed by atoms with Crippen LogP contribution in [0.25, 0.3) is 0 Å². The number of amides is 1. The van der Waals surface area contributed by atoms with Crippen molar-refractivity contribution < 1.29 is 47.8 Å². The molecule has 0 bridgehead atoms. The molecule has 0 radical (unpaired) electrons. The summed E-state index contributed by atoms with van der Waals surface area (Å²) in [5.74, 6) is -2.39. The summed E-state index contributed by atoms with van der Waals surface area (Å²) >= 11 is 0. The number of nitrogens with one attached hydrogen (secondary N) is 1. The van der Waals surface area contributed by atoms with Gasteiger partial charge in [-0.2, -0.15) is 0 Å². The van der Waals surface area contributed by atoms with Gasteiger partial charge in [0, 0.05) is 12.8 Å². The summed E-state index contributed by atoms with van der Waals surface area (Å²) in [4.78, 5) is 45.2. The molecular formula is C31H58NO10P. The van der Waals surface area contributed by atoms with Crippen LogP contribution in [0.4, 0.5) is 0 Å². The molecule has 0 saturated carbocycles. The molecule has 11 nitrogen and oxygen atoms in total. The molecule has 3 atom stereocenters. The number of allylic oxidation sites excluding steroid dienone is 2. The second-order valence-electron chi connectivity index (χ2n) is 11.0. The second kappa shape index (κ2) is 27.7. The molecule has 43 heavy (non-hydrogen) atoms. The van der Waals surface area contributed by atoms with E-state index >= 15 is 0 Å². The minimum Gasteiger partial charge on any atom is -0.480 e. The lowest BCUT2D eigenvalue weighted by Crippen LogP contribution is -2.43. The first-order valence-electron chi connectivity index (χ1n) is 16.2. The van der Waals surface area contributed by atoms with E-state index in [2.05, 4.69) is 31.3 Å². The maximum atomic E-state index is 12.1. The Morgan fingerprint density at radius 2 is 1.21 bits per heavy atom. The first-order valence-corrected chi connectivity index (χ1v) is 17.7. The van der Waals surface area contributed by atoms with Crippen LogP contribution in [-0.2, 0) is 32.7 Å². The average molecular weight is 636 g/mol. The van der Waals surface area contributed by atoms with Crippen molar-refractivity contribution in [1.82, 2.24) is 5.32 Å². The Bertz CT molecular complexity index is 807. The zero-order valence-corrected chi connectivity index (χ0v) is 27.4. The van der Waals surface area contributed by atoms with Gasteiger partial charge in [0.25, 0.3) is 0 Å². The van der Waals surface area contributed by atoms with Crippen LogP contribution < -0.4 is 5.32 Å². The fourth-order valence-electron chi connectivity index (χ4n) is 4.19. The predicted octanol–water partition coefficient (Wildman–Crippen LogP) is 6.60.